The van der Waals surface area contributed by atoms with Crippen LogP contribution in [-0.2, 0) is 59.5 Å². The first kappa shape index (κ1) is 61.7. The van der Waals surface area contributed by atoms with Crippen LogP contribution in [0.1, 0.15) is 118 Å². The van der Waals surface area contributed by atoms with Gasteiger partial charge in [0.2, 0.25) is 39.6 Å². The van der Waals surface area contributed by atoms with E-state index in [0.29, 0.717) is 82.3 Å². The van der Waals surface area contributed by atoms with Crippen LogP contribution < -0.4 is 20.1 Å². The highest BCUT2D eigenvalue weighted by Crippen LogP contribution is 2.31. The van der Waals surface area contributed by atoms with Crippen LogP contribution in [0.4, 0.5) is 0 Å². The lowest BCUT2D eigenvalue weighted by Crippen LogP contribution is -2.59. The lowest BCUT2D eigenvalue weighted by molar-refractivity contribution is -0.148. The molecule has 2 aliphatic heterocycles. The molecule has 4 N–H and O–H groups in total. The molecule has 0 spiro atoms. The molecular weight excluding hydrogens is 975 g/mol. The summed E-state index contributed by atoms with van der Waals surface area (Å²) in [6.07, 6.45) is 2.56. The highest BCUT2D eigenvalue weighted by atomic mass is 32.2. The fraction of sp³-hybridized carbons (Fsp3) is 0.755. The minimum absolute atomic E-state index is 0.000793. The standard InChI is InChI=1S/C53H87N7O13S/c1-13-34(6)47(58(10)52(66)45(32(2)3)55-51(65)46(33(4)5)57(8)9)42(71-11)31-44(62)60-26-14-16-41(60)48(72-12)35(7)49(63)54-40(50(64)56-74(69,70)39-22-23-39)30-36-18-20-38(21-19-36)73-29-15-17-43(61)59-27-24-37(25-28-59)53(67)68/h18-21,32-35,37,39-42,45-48H,13-17,22-31H2,1-12H3,(H,54,63)(H,55,65)(H,56,64)(H,67,68)/t34-,35+,40-,41-,42+,45-,46-,47-,48+/m0/s1. The molecule has 0 bridgehead atoms. The van der Waals surface area contributed by atoms with Crippen molar-refractivity contribution in [3.63, 3.8) is 0 Å². The van der Waals surface area contributed by atoms with Crippen LogP contribution in [0.25, 0.3) is 0 Å². The van der Waals surface area contributed by atoms with Crippen LogP contribution in [-0.4, -0.2) is 184 Å². The molecule has 1 saturated carbocycles. The average Bonchev–Trinajstić information content (AvgIpc) is 4.12. The summed E-state index contributed by atoms with van der Waals surface area (Å²) in [6, 6.07) is 3.13. The number of hydrogen-bond acceptors (Lipinski definition) is 13. The number of carbonyl (C=O) groups is 7. The predicted octanol–water partition coefficient (Wildman–Crippen LogP) is 3.45. The van der Waals surface area contributed by atoms with Gasteiger partial charge in [-0.2, -0.15) is 0 Å². The summed E-state index contributed by atoms with van der Waals surface area (Å²) in [4.78, 5) is 101. The molecule has 2 heterocycles. The van der Waals surface area contributed by atoms with Crippen molar-refractivity contribution in [2.24, 2.45) is 29.6 Å². The van der Waals surface area contributed by atoms with E-state index in [9.17, 15) is 47.1 Å². The fourth-order valence-electron chi connectivity index (χ4n) is 10.5. The number of aliphatic carboxylic acids is 1. The third-order valence-corrected chi connectivity index (χ3v) is 17.0. The first-order valence-corrected chi connectivity index (χ1v) is 28.1. The van der Waals surface area contributed by atoms with Crippen molar-refractivity contribution in [1.29, 1.82) is 0 Å². The predicted molar refractivity (Wildman–Crippen MR) is 279 cm³/mol. The highest BCUT2D eigenvalue weighted by molar-refractivity contribution is 7.90. The molecule has 0 radical (unpaired) electrons. The molecule has 9 atom stereocenters. The summed E-state index contributed by atoms with van der Waals surface area (Å²) in [5.74, 6) is -4.31. The molecule has 1 aliphatic carbocycles. The summed E-state index contributed by atoms with van der Waals surface area (Å²) in [6.45, 7) is 14.8. The van der Waals surface area contributed by atoms with E-state index in [1.54, 1.807) is 52.9 Å². The van der Waals surface area contributed by atoms with Gasteiger partial charge in [-0.05, 0) is 94.5 Å². The summed E-state index contributed by atoms with van der Waals surface area (Å²) >= 11 is 0. The van der Waals surface area contributed by atoms with Gasteiger partial charge >= 0.3 is 5.97 Å². The molecule has 418 valence electrons. The van der Waals surface area contributed by atoms with E-state index >= 15 is 0 Å². The Morgan fingerprint density at radius 2 is 1.43 bits per heavy atom. The number of nitrogens with zero attached hydrogens (tertiary/aromatic N) is 4. The van der Waals surface area contributed by atoms with Gasteiger partial charge < -0.3 is 44.7 Å². The number of carbonyl (C=O) groups excluding carboxylic acids is 6. The molecule has 21 heteroatoms. The topological polar surface area (TPSA) is 251 Å². The number of rotatable bonds is 29. The van der Waals surface area contributed by atoms with Gasteiger partial charge in [0.15, 0.2) is 0 Å². The molecule has 2 saturated heterocycles. The SMILES string of the molecule is CC[C@H](C)[C@@H]([C@@H](CC(=O)N1CCC[C@H]1[C@H](OC)[C@@H](C)C(=O)N[C@@H](Cc1ccc(OCCCC(=O)N2CCC(C(=O)O)CC2)cc1)C(=O)NS(=O)(=O)C1CC1)OC)N(C)C(=O)[C@@H](NC(=O)[C@H](C(C)C)N(C)C)C(C)C. The number of ether oxygens (including phenoxy) is 3. The number of hydrogen-bond donors (Lipinski definition) is 4. The Labute approximate surface area is 439 Å². The summed E-state index contributed by atoms with van der Waals surface area (Å²) in [5, 5.41) is 14.4. The van der Waals surface area contributed by atoms with Crippen LogP contribution in [0.2, 0.25) is 0 Å². The van der Waals surface area contributed by atoms with E-state index < -0.39 is 87.3 Å². The number of methoxy groups -OCH3 is 2. The number of amides is 6. The third-order valence-electron chi connectivity index (χ3n) is 15.1. The maximum atomic E-state index is 14.5. The maximum Gasteiger partial charge on any atom is 0.306 e. The average molecular weight is 1060 g/mol. The van der Waals surface area contributed by atoms with Gasteiger partial charge in [0, 0.05) is 53.7 Å². The number of nitrogens with one attached hydrogen (secondary N) is 3. The molecule has 1 aromatic rings. The van der Waals surface area contributed by atoms with E-state index in [1.165, 1.54) is 14.2 Å². The molecule has 6 amide bonds. The number of likely N-dealkylation sites (N-methyl/N-ethyl adjacent to an activating group) is 2. The molecule has 20 nitrogen and oxygen atoms in total. The lowest BCUT2D eigenvalue weighted by atomic mass is 9.89. The Balaban J connectivity index is 1.44. The van der Waals surface area contributed by atoms with Crippen LogP contribution in [0, 0.1) is 29.6 Å². The molecule has 0 aromatic heterocycles. The Hall–Kier alpha value is -4.86. The van der Waals surface area contributed by atoms with E-state index in [0.717, 1.165) is 0 Å². The Bertz CT molecular complexity index is 2160. The third kappa shape index (κ3) is 16.8. The first-order valence-electron chi connectivity index (χ1n) is 26.5. The zero-order chi connectivity index (χ0) is 55.2. The fourth-order valence-corrected chi connectivity index (χ4v) is 11.8. The van der Waals surface area contributed by atoms with Crippen molar-refractivity contribution in [2.75, 3.05) is 61.6 Å². The van der Waals surface area contributed by atoms with Crippen LogP contribution in [0.5, 0.6) is 5.75 Å². The van der Waals surface area contributed by atoms with Crippen molar-refractivity contribution in [3.05, 3.63) is 29.8 Å². The molecule has 3 fully saturated rings. The Morgan fingerprint density at radius 3 is 1.96 bits per heavy atom. The largest absolute Gasteiger partial charge is 0.494 e. The second-order valence-electron chi connectivity index (χ2n) is 21.5. The Kier molecular flexibility index (Phi) is 23.6. The van der Waals surface area contributed by atoms with Crippen molar-refractivity contribution in [2.45, 2.75) is 167 Å². The van der Waals surface area contributed by atoms with Gasteiger partial charge in [0.25, 0.3) is 5.91 Å². The first-order chi connectivity index (χ1) is 34.9. The van der Waals surface area contributed by atoms with Gasteiger partial charge in [-0.1, -0.05) is 67.0 Å². The molecule has 0 unspecified atom stereocenters. The summed E-state index contributed by atoms with van der Waals surface area (Å²) in [7, 11) is 4.36. The number of carboxylic acids is 1. The maximum absolute atomic E-state index is 14.5. The van der Waals surface area contributed by atoms with Gasteiger partial charge in [-0.15, -0.1) is 0 Å². The second-order valence-corrected chi connectivity index (χ2v) is 23.5. The van der Waals surface area contributed by atoms with Gasteiger partial charge in [-0.3, -0.25) is 43.2 Å². The molecule has 4 rings (SSSR count). The summed E-state index contributed by atoms with van der Waals surface area (Å²) < 4.78 is 46.0. The number of sulfonamides is 1. The van der Waals surface area contributed by atoms with E-state index in [2.05, 4.69) is 15.4 Å². The second kappa shape index (κ2) is 28.3. The number of benzene rings is 1. The lowest BCUT2D eigenvalue weighted by Gasteiger charge is -2.41. The normalized spacial score (nSPS) is 19.7. The van der Waals surface area contributed by atoms with Crippen molar-refractivity contribution in [3.8, 4) is 5.75 Å². The van der Waals surface area contributed by atoms with E-state index in [4.69, 9.17) is 14.2 Å². The van der Waals surface area contributed by atoms with Gasteiger partial charge in [-0.25, -0.2) is 8.42 Å². The minimum Gasteiger partial charge on any atom is -0.494 e. The minimum atomic E-state index is -3.97. The Morgan fingerprint density at radius 1 is 0.797 bits per heavy atom. The zero-order valence-electron chi connectivity index (χ0n) is 46.0. The zero-order valence-corrected chi connectivity index (χ0v) is 46.8. The van der Waals surface area contributed by atoms with Crippen molar-refractivity contribution < 1.29 is 61.3 Å². The van der Waals surface area contributed by atoms with Gasteiger partial charge in [0.05, 0.1) is 60.4 Å². The van der Waals surface area contributed by atoms with Crippen molar-refractivity contribution in [1.82, 2.24) is 35.0 Å². The van der Waals surface area contributed by atoms with Crippen molar-refractivity contribution >= 4 is 51.4 Å². The molecular formula is C53H87N7O13S. The highest BCUT2D eigenvalue weighted by Gasteiger charge is 2.44. The van der Waals surface area contributed by atoms with Gasteiger partial charge in [0.1, 0.15) is 17.8 Å². The summed E-state index contributed by atoms with van der Waals surface area (Å²) in [5.41, 5.74) is 0.606. The quantitative estimate of drug-likeness (QED) is 0.0840. The van der Waals surface area contributed by atoms with Crippen LogP contribution in [0.15, 0.2) is 24.3 Å². The molecule has 1 aromatic carbocycles. The van der Waals surface area contributed by atoms with E-state index in [-0.39, 0.29) is 67.3 Å². The molecule has 3 aliphatic rings. The number of likely N-dealkylation sites (tertiary alicyclic amines) is 2. The monoisotopic (exact) mass is 1060 g/mol. The van der Waals surface area contributed by atoms with Crippen LogP contribution in [0.3, 0.4) is 0 Å². The number of piperidine rings is 1. The van der Waals surface area contributed by atoms with Crippen LogP contribution >= 0.6 is 0 Å². The van der Waals surface area contributed by atoms with E-state index in [1.807, 2.05) is 60.5 Å². The smallest absolute Gasteiger partial charge is 0.306 e. The number of carboxylic acid groups (broad SMARTS) is 1. The molecule has 74 heavy (non-hydrogen) atoms.